The van der Waals surface area contributed by atoms with Crippen molar-refractivity contribution in [3.63, 3.8) is 0 Å². The van der Waals surface area contributed by atoms with Gasteiger partial charge in [-0.25, -0.2) is 0 Å². The van der Waals surface area contributed by atoms with E-state index >= 15 is 0 Å². The molecule has 2 N–H and O–H groups in total. The first kappa shape index (κ1) is 14.0. The van der Waals surface area contributed by atoms with Gasteiger partial charge >= 0.3 is 0 Å². The van der Waals surface area contributed by atoms with E-state index in [4.69, 9.17) is 19.9 Å². The molecule has 1 aromatic rings. The standard InChI is InChI=1S/C13H21NO3/c1-10(8-15-2)17-9-11-4-5-13(16-3)12(6-11)7-14/h4-6,10H,7-9,14H2,1-3H3. The average Bonchev–Trinajstić information content (AvgIpc) is 2.36. The third-order valence-electron chi connectivity index (χ3n) is 2.50. The van der Waals surface area contributed by atoms with Crippen molar-refractivity contribution in [3.8, 4) is 5.75 Å². The minimum Gasteiger partial charge on any atom is -0.496 e. The molecule has 0 saturated carbocycles. The van der Waals surface area contributed by atoms with Crippen molar-refractivity contribution in [1.82, 2.24) is 0 Å². The second-order valence-corrected chi connectivity index (χ2v) is 3.93. The normalized spacial score (nSPS) is 12.5. The van der Waals surface area contributed by atoms with Crippen LogP contribution in [0.1, 0.15) is 18.1 Å². The maximum Gasteiger partial charge on any atom is 0.123 e. The van der Waals surface area contributed by atoms with Gasteiger partial charge in [-0.05, 0) is 24.6 Å². The van der Waals surface area contributed by atoms with Gasteiger partial charge in [0.05, 0.1) is 26.4 Å². The van der Waals surface area contributed by atoms with Crippen molar-refractivity contribution in [2.24, 2.45) is 5.73 Å². The van der Waals surface area contributed by atoms with Crippen LogP contribution in [0.3, 0.4) is 0 Å². The number of nitrogens with two attached hydrogens (primary N) is 1. The summed E-state index contributed by atoms with van der Waals surface area (Å²) in [6, 6.07) is 5.91. The SMILES string of the molecule is COCC(C)OCc1ccc(OC)c(CN)c1. The number of methoxy groups -OCH3 is 2. The number of hydrogen-bond acceptors (Lipinski definition) is 4. The summed E-state index contributed by atoms with van der Waals surface area (Å²) in [5.74, 6) is 0.821. The molecule has 4 nitrogen and oxygen atoms in total. The summed E-state index contributed by atoms with van der Waals surface area (Å²) in [7, 11) is 3.31. The lowest BCUT2D eigenvalue weighted by molar-refractivity contribution is -0.000155. The Hall–Kier alpha value is -1.10. The van der Waals surface area contributed by atoms with Crippen LogP contribution in [0.2, 0.25) is 0 Å². The van der Waals surface area contributed by atoms with Gasteiger partial charge < -0.3 is 19.9 Å². The first-order chi connectivity index (χ1) is 8.21. The van der Waals surface area contributed by atoms with E-state index in [0.717, 1.165) is 16.9 Å². The Morgan fingerprint density at radius 1 is 1.29 bits per heavy atom. The van der Waals surface area contributed by atoms with Crippen LogP contribution in [-0.2, 0) is 22.6 Å². The van der Waals surface area contributed by atoms with Crippen molar-refractivity contribution in [2.75, 3.05) is 20.8 Å². The van der Waals surface area contributed by atoms with E-state index in [-0.39, 0.29) is 6.10 Å². The van der Waals surface area contributed by atoms with Gasteiger partial charge in [0.1, 0.15) is 5.75 Å². The van der Waals surface area contributed by atoms with Gasteiger partial charge in [0, 0.05) is 19.2 Å². The predicted octanol–water partition coefficient (Wildman–Crippen LogP) is 1.71. The van der Waals surface area contributed by atoms with Crippen LogP contribution >= 0.6 is 0 Å². The maximum atomic E-state index is 5.66. The molecule has 0 aliphatic carbocycles. The molecule has 17 heavy (non-hydrogen) atoms. The summed E-state index contributed by atoms with van der Waals surface area (Å²) in [6.07, 6.45) is 0.0865. The topological polar surface area (TPSA) is 53.7 Å². The quantitative estimate of drug-likeness (QED) is 0.787. The minimum absolute atomic E-state index is 0.0865. The van der Waals surface area contributed by atoms with E-state index in [0.29, 0.717) is 19.8 Å². The van der Waals surface area contributed by atoms with Gasteiger partial charge in [-0.15, -0.1) is 0 Å². The fourth-order valence-corrected chi connectivity index (χ4v) is 1.60. The second-order valence-electron chi connectivity index (χ2n) is 3.93. The van der Waals surface area contributed by atoms with Gasteiger partial charge in [0.25, 0.3) is 0 Å². The summed E-state index contributed by atoms with van der Waals surface area (Å²) in [4.78, 5) is 0. The van der Waals surface area contributed by atoms with Crippen LogP contribution in [0, 0.1) is 0 Å². The highest BCUT2D eigenvalue weighted by atomic mass is 16.5. The Labute approximate surface area is 103 Å². The molecule has 0 aliphatic heterocycles. The van der Waals surface area contributed by atoms with Gasteiger partial charge in [-0.3, -0.25) is 0 Å². The molecule has 1 aromatic carbocycles. The second kappa shape index (κ2) is 7.27. The first-order valence-corrected chi connectivity index (χ1v) is 5.67. The lowest BCUT2D eigenvalue weighted by Crippen LogP contribution is -2.14. The number of benzene rings is 1. The molecule has 1 atom stereocenters. The van der Waals surface area contributed by atoms with Gasteiger partial charge in [0.15, 0.2) is 0 Å². The summed E-state index contributed by atoms with van der Waals surface area (Å²) in [5, 5.41) is 0. The molecule has 0 aromatic heterocycles. The zero-order valence-electron chi connectivity index (χ0n) is 10.7. The van der Waals surface area contributed by atoms with E-state index in [2.05, 4.69) is 0 Å². The van der Waals surface area contributed by atoms with Crippen molar-refractivity contribution < 1.29 is 14.2 Å². The molecular weight excluding hydrogens is 218 g/mol. The molecule has 4 heteroatoms. The zero-order valence-corrected chi connectivity index (χ0v) is 10.7. The average molecular weight is 239 g/mol. The molecule has 0 radical (unpaired) electrons. The lowest BCUT2D eigenvalue weighted by Gasteiger charge is -2.13. The number of rotatable bonds is 7. The van der Waals surface area contributed by atoms with Crippen LogP contribution in [-0.4, -0.2) is 26.9 Å². The van der Waals surface area contributed by atoms with Crippen LogP contribution in [0.5, 0.6) is 5.75 Å². The highest BCUT2D eigenvalue weighted by Gasteiger charge is 2.05. The fourth-order valence-electron chi connectivity index (χ4n) is 1.60. The van der Waals surface area contributed by atoms with Crippen molar-refractivity contribution in [3.05, 3.63) is 29.3 Å². The van der Waals surface area contributed by atoms with E-state index in [1.54, 1.807) is 14.2 Å². The molecule has 0 saturated heterocycles. The molecule has 1 unspecified atom stereocenters. The summed E-state index contributed by atoms with van der Waals surface area (Å²) < 4.78 is 15.9. The van der Waals surface area contributed by atoms with Gasteiger partial charge in [-0.2, -0.15) is 0 Å². The van der Waals surface area contributed by atoms with Crippen molar-refractivity contribution in [1.29, 1.82) is 0 Å². The number of ether oxygens (including phenoxy) is 3. The number of hydrogen-bond donors (Lipinski definition) is 1. The first-order valence-electron chi connectivity index (χ1n) is 5.67. The molecule has 0 fully saturated rings. The van der Waals surface area contributed by atoms with Crippen LogP contribution in [0.4, 0.5) is 0 Å². The van der Waals surface area contributed by atoms with Gasteiger partial charge in [-0.1, -0.05) is 6.07 Å². The van der Waals surface area contributed by atoms with Crippen LogP contribution in [0.15, 0.2) is 18.2 Å². The van der Waals surface area contributed by atoms with Crippen LogP contribution < -0.4 is 10.5 Å². The van der Waals surface area contributed by atoms with E-state index in [9.17, 15) is 0 Å². The van der Waals surface area contributed by atoms with E-state index in [1.165, 1.54) is 0 Å². The molecule has 1 rings (SSSR count). The van der Waals surface area contributed by atoms with E-state index in [1.807, 2.05) is 25.1 Å². The summed E-state index contributed by atoms with van der Waals surface area (Å²) in [6.45, 7) is 3.60. The Balaban J connectivity index is 2.60. The molecule has 0 spiro atoms. The van der Waals surface area contributed by atoms with Crippen molar-refractivity contribution in [2.45, 2.75) is 26.2 Å². The third kappa shape index (κ3) is 4.34. The molecular formula is C13H21NO3. The highest BCUT2D eigenvalue weighted by Crippen LogP contribution is 2.19. The maximum absolute atomic E-state index is 5.66. The molecule has 0 heterocycles. The third-order valence-corrected chi connectivity index (χ3v) is 2.50. The Morgan fingerprint density at radius 2 is 2.06 bits per heavy atom. The Kier molecular flexibility index (Phi) is 5.97. The lowest BCUT2D eigenvalue weighted by atomic mass is 10.1. The molecule has 0 bridgehead atoms. The van der Waals surface area contributed by atoms with Crippen molar-refractivity contribution >= 4 is 0 Å². The fraction of sp³-hybridized carbons (Fsp3) is 0.538. The summed E-state index contributed by atoms with van der Waals surface area (Å²) >= 11 is 0. The molecule has 96 valence electrons. The van der Waals surface area contributed by atoms with Gasteiger partial charge in [0.2, 0.25) is 0 Å². The minimum atomic E-state index is 0.0865. The Bertz CT molecular complexity index is 341. The predicted molar refractivity (Wildman–Crippen MR) is 67.0 cm³/mol. The largest absolute Gasteiger partial charge is 0.496 e. The Morgan fingerprint density at radius 3 is 2.65 bits per heavy atom. The zero-order chi connectivity index (χ0) is 12.7. The van der Waals surface area contributed by atoms with Crippen LogP contribution in [0.25, 0.3) is 0 Å². The summed E-state index contributed by atoms with van der Waals surface area (Å²) in [5.41, 5.74) is 7.74. The smallest absolute Gasteiger partial charge is 0.123 e. The highest BCUT2D eigenvalue weighted by molar-refractivity contribution is 5.36. The van der Waals surface area contributed by atoms with E-state index < -0.39 is 0 Å². The molecule has 0 aliphatic rings. The molecule has 0 amide bonds. The monoisotopic (exact) mass is 239 g/mol.